The maximum atomic E-state index is 9.39. The number of β-amino-alcohol motifs (C(OH)–C–C–N with tert-alkyl or cyclic N) is 1. The lowest BCUT2D eigenvalue weighted by Crippen LogP contribution is -2.40. The van der Waals surface area contributed by atoms with Crippen molar-refractivity contribution >= 4 is 11.3 Å². The average Bonchev–Trinajstić information content (AvgIpc) is 2.77. The van der Waals surface area contributed by atoms with Gasteiger partial charge < -0.3 is 15.3 Å². The third-order valence-electron chi connectivity index (χ3n) is 3.76. The minimum Gasteiger partial charge on any atom is -0.392 e. The largest absolute Gasteiger partial charge is 0.392 e. The molecule has 108 valence electrons. The van der Waals surface area contributed by atoms with E-state index in [1.807, 2.05) is 18.3 Å². The van der Waals surface area contributed by atoms with E-state index in [2.05, 4.69) is 29.3 Å². The van der Waals surface area contributed by atoms with Crippen LogP contribution in [0.5, 0.6) is 0 Å². The van der Waals surface area contributed by atoms with Crippen molar-refractivity contribution in [2.24, 2.45) is 5.92 Å². The Balaban J connectivity index is 1.60. The van der Waals surface area contributed by atoms with Crippen molar-refractivity contribution in [1.82, 2.24) is 10.2 Å². The second kappa shape index (κ2) is 7.39. The lowest BCUT2D eigenvalue weighted by Gasteiger charge is -2.32. The van der Waals surface area contributed by atoms with E-state index in [-0.39, 0.29) is 6.10 Å². The van der Waals surface area contributed by atoms with Gasteiger partial charge in [-0.25, -0.2) is 0 Å². The van der Waals surface area contributed by atoms with Crippen LogP contribution in [0.15, 0.2) is 12.1 Å². The molecule has 2 heterocycles. The fraction of sp³-hybridized carbons (Fsp3) is 0.733. The molecule has 1 aromatic rings. The zero-order valence-electron chi connectivity index (χ0n) is 12.1. The van der Waals surface area contributed by atoms with Gasteiger partial charge in [0.1, 0.15) is 0 Å². The van der Waals surface area contributed by atoms with E-state index in [4.69, 9.17) is 0 Å². The Labute approximate surface area is 120 Å². The molecular formula is C15H26N2OS. The van der Waals surface area contributed by atoms with Gasteiger partial charge in [0.05, 0.1) is 6.10 Å². The summed E-state index contributed by atoms with van der Waals surface area (Å²) in [7, 11) is 0. The molecule has 0 spiro atoms. The summed E-state index contributed by atoms with van der Waals surface area (Å²) in [5.74, 6) is 0.798. The number of piperidine rings is 1. The summed E-state index contributed by atoms with van der Waals surface area (Å²) in [6.07, 6.45) is 2.31. The van der Waals surface area contributed by atoms with Crippen LogP contribution in [0.2, 0.25) is 0 Å². The standard InChI is InChI=1S/C15H26N2OS/c1-12(18)11-17-7-5-14(6-8-17)9-16-10-15-4-3-13(2)19-15/h3-4,12,14,16,18H,5-11H2,1-2H3/t12-/m1/s1. The maximum Gasteiger partial charge on any atom is 0.0639 e. The van der Waals surface area contributed by atoms with Crippen molar-refractivity contribution in [3.8, 4) is 0 Å². The van der Waals surface area contributed by atoms with E-state index in [0.29, 0.717) is 0 Å². The maximum absolute atomic E-state index is 9.39. The number of nitrogens with one attached hydrogen (secondary N) is 1. The average molecular weight is 282 g/mol. The number of aryl methyl sites for hydroxylation is 1. The van der Waals surface area contributed by atoms with Crippen LogP contribution in [-0.2, 0) is 6.54 Å². The van der Waals surface area contributed by atoms with Crippen LogP contribution < -0.4 is 5.32 Å². The Morgan fingerprint density at radius 1 is 1.42 bits per heavy atom. The second-order valence-corrected chi connectivity index (χ2v) is 7.11. The Hall–Kier alpha value is -0.420. The van der Waals surface area contributed by atoms with E-state index < -0.39 is 0 Å². The first-order valence-electron chi connectivity index (χ1n) is 7.30. The van der Waals surface area contributed by atoms with Gasteiger partial charge in [0, 0.05) is 22.8 Å². The number of nitrogens with zero attached hydrogens (tertiary/aromatic N) is 1. The summed E-state index contributed by atoms with van der Waals surface area (Å²) in [5.41, 5.74) is 0. The fourth-order valence-electron chi connectivity index (χ4n) is 2.73. The molecule has 1 saturated heterocycles. The lowest BCUT2D eigenvalue weighted by atomic mass is 9.96. The summed E-state index contributed by atoms with van der Waals surface area (Å²) in [5, 5.41) is 13.0. The molecule has 1 atom stereocenters. The molecular weight excluding hydrogens is 256 g/mol. The number of aliphatic hydroxyl groups excluding tert-OH is 1. The molecule has 4 heteroatoms. The normalized spacial score (nSPS) is 19.7. The highest BCUT2D eigenvalue weighted by Gasteiger charge is 2.19. The summed E-state index contributed by atoms with van der Waals surface area (Å²) in [6, 6.07) is 4.41. The minimum absolute atomic E-state index is 0.197. The molecule has 2 N–H and O–H groups in total. The third-order valence-corrected chi connectivity index (χ3v) is 4.76. The quantitative estimate of drug-likeness (QED) is 0.840. The van der Waals surface area contributed by atoms with Crippen molar-refractivity contribution in [1.29, 1.82) is 0 Å². The molecule has 0 aromatic carbocycles. The zero-order valence-corrected chi connectivity index (χ0v) is 12.9. The molecule has 2 rings (SSSR count). The van der Waals surface area contributed by atoms with E-state index in [1.54, 1.807) is 0 Å². The fourth-order valence-corrected chi connectivity index (χ4v) is 3.59. The van der Waals surface area contributed by atoms with Crippen molar-refractivity contribution < 1.29 is 5.11 Å². The van der Waals surface area contributed by atoms with Crippen molar-refractivity contribution in [2.45, 2.75) is 39.3 Å². The SMILES string of the molecule is Cc1ccc(CNCC2CCN(C[C@@H](C)O)CC2)s1. The first kappa shape index (κ1) is 15.0. The van der Waals surface area contributed by atoms with Gasteiger partial charge in [0.25, 0.3) is 0 Å². The molecule has 0 bridgehead atoms. The van der Waals surface area contributed by atoms with Crippen LogP contribution in [0.25, 0.3) is 0 Å². The number of likely N-dealkylation sites (tertiary alicyclic amines) is 1. The summed E-state index contributed by atoms with van der Waals surface area (Å²) in [4.78, 5) is 5.20. The van der Waals surface area contributed by atoms with Crippen molar-refractivity contribution in [3.63, 3.8) is 0 Å². The van der Waals surface area contributed by atoms with Gasteiger partial charge in [0.2, 0.25) is 0 Å². The van der Waals surface area contributed by atoms with Crippen LogP contribution in [0.3, 0.4) is 0 Å². The number of hydrogen-bond donors (Lipinski definition) is 2. The van der Waals surface area contributed by atoms with E-state index in [1.165, 1.54) is 22.6 Å². The molecule has 0 radical (unpaired) electrons. The second-order valence-electron chi connectivity index (χ2n) is 5.74. The number of hydrogen-bond acceptors (Lipinski definition) is 4. The molecule has 1 aromatic heterocycles. The van der Waals surface area contributed by atoms with E-state index in [9.17, 15) is 5.11 Å². The van der Waals surface area contributed by atoms with Gasteiger partial charge in [-0.1, -0.05) is 0 Å². The molecule has 19 heavy (non-hydrogen) atoms. The number of aliphatic hydroxyl groups is 1. The third kappa shape index (κ3) is 5.22. The van der Waals surface area contributed by atoms with E-state index in [0.717, 1.165) is 38.6 Å². The highest BCUT2D eigenvalue weighted by molar-refractivity contribution is 7.11. The van der Waals surface area contributed by atoms with Crippen molar-refractivity contribution in [2.75, 3.05) is 26.2 Å². The zero-order chi connectivity index (χ0) is 13.7. The van der Waals surface area contributed by atoms with Crippen LogP contribution in [0, 0.1) is 12.8 Å². The Morgan fingerprint density at radius 2 is 2.16 bits per heavy atom. The summed E-state index contributed by atoms with van der Waals surface area (Å²) < 4.78 is 0. The molecule has 1 fully saturated rings. The molecule has 0 amide bonds. The van der Waals surface area contributed by atoms with E-state index >= 15 is 0 Å². The van der Waals surface area contributed by atoms with Gasteiger partial charge in [-0.3, -0.25) is 0 Å². The van der Waals surface area contributed by atoms with Gasteiger partial charge in [-0.15, -0.1) is 11.3 Å². The predicted molar refractivity (Wildman–Crippen MR) is 81.6 cm³/mol. The Kier molecular flexibility index (Phi) is 5.82. The first-order chi connectivity index (χ1) is 9.13. The number of thiophene rings is 1. The Morgan fingerprint density at radius 3 is 2.74 bits per heavy atom. The molecule has 1 aliphatic rings. The smallest absolute Gasteiger partial charge is 0.0639 e. The van der Waals surface area contributed by atoms with Gasteiger partial charge in [-0.2, -0.15) is 0 Å². The summed E-state index contributed by atoms with van der Waals surface area (Å²) in [6.45, 7) is 9.26. The lowest BCUT2D eigenvalue weighted by molar-refractivity contribution is 0.0998. The molecule has 1 aliphatic heterocycles. The van der Waals surface area contributed by atoms with Crippen molar-refractivity contribution in [3.05, 3.63) is 21.9 Å². The van der Waals surface area contributed by atoms with Crippen LogP contribution in [0.4, 0.5) is 0 Å². The highest BCUT2D eigenvalue weighted by Crippen LogP contribution is 2.18. The van der Waals surface area contributed by atoms with Gasteiger partial charge >= 0.3 is 0 Å². The van der Waals surface area contributed by atoms with Crippen LogP contribution in [-0.4, -0.2) is 42.3 Å². The molecule has 0 saturated carbocycles. The highest BCUT2D eigenvalue weighted by atomic mass is 32.1. The molecule has 0 unspecified atom stereocenters. The van der Waals surface area contributed by atoms with Crippen LogP contribution in [0.1, 0.15) is 29.5 Å². The van der Waals surface area contributed by atoms with Gasteiger partial charge in [-0.05, 0) is 64.4 Å². The van der Waals surface area contributed by atoms with Gasteiger partial charge in [0.15, 0.2) is 0 Å². The minimum atomic E-state index is -0.197. The Bertz CT molecular complexity index is 370. The predicted octanol–water partition coefficient (Wildman–Crippen LogP) is 2.24. The monoisotopic (exact) mass is 282 g/mol. The molecule has 0 aliphatic carbocycles. The number of rotatable bonds is 6. The summed E-state index contributed by atoms with van der Waals surface area (Å²) >= 11 is 1.88. The first-order valence-corrected chi connectivity index (χ1v) is 8.11. The topological polar surface area (TPSA) is 35.5 Å². The molecule has 3 nitrogen and oxygen atoms in total. The van der Waals surface area contributed by atoms with Crippen LogP contribution >= 0.6 is 11.3 Å².